The summed E-state index contributed by atoms with van der Waals surface area (Å²) in [7, 11) is 0. The van der Waals surface area contributed by atoms with Crippen LogP contribution >= 0.6 is 11.3 Å². The first-order valence-electron chi connectivity index (χ1n) is 6.51. The second-order valence-electron chi connectivity index (χ2n) is 5.25. The Balaban J connectivity index is 1.97. The quantitative estimate of drug-likeness (QED) is 0.895. The van der Waals surface area contributed by atoms with Crippen LogP contribution in [0.5, 0.6) is 0 Å². The molecular weight excluding hydrogens is 230 g/mol. The summed E-state index contributed by atoms with van der Waals surface area (Å²) in [5.74, 6) is 0.707. The Kier molecular flexibility index (Phi) is 4.54. The molecule has 1 atom stereocenters. The summed E-state index contributed by atoms with van der Waals surface area (Å²) in [5.41, 5.74) is 3.16. The van der Waals surface area contributed by atoms with Gasteiger partial charge in [0.25, 0.3) is 0 Å². The molecular formula is C13H23N3S. The van der Waals surface area contributed by atoms with Crippen LogP contribution in [0.3, 0.4) is 0 Å². The van der Waals surface area contributed by atoms with Crippen LogP contribution in [0.4, 0.5) is 0 Å². The molecule has 3 nitrogen and oxygen atoms in total. The van der Waals surface area contributed by atoms with Crippen LogP contribution in [0, 0.1) is 12.8 Å². The molecule has 2 heterocycles. The highest BCUT2D eigenvalue weighted by Crippen LogP contribution is 2.17. The van der Waals surface area contributed by atoms with Crippen molar-refractivity contribution in [2.24, 2.45) is 5.92 Å². The molecule has 1 aliphatic rings. The first-order chi connectivity index (χ1) is 8.16. The SMILES string of the molecule is Cc1ncsc1CN1CCCNC(C(C)C)C1. The number of nitrogens with zero attached hydrogens (tertiary/aromatic N) is 2. The van der Waals surface area contributed by atoms with E-state index in [9.17, 15) is 0 Å². The zero-order chi connectivity index (χ0) is 12.3. The van der Waals surface area contributed by atoms with E-state index in [0.29, 0.717) is 12.0 Å². The highest BCUT2D eigenvalue weighted by atomic mass is 32.1. The largest absolute Gasteiger partial charge is 0.312 e. The fraction of sp³-hybridized carbons (Fsp3) is 0.769. The second-order valence-corrected chi connectivity index (χ2v) is 6.19. The zero-order valence-electron chi connectivity index (χ0n) is 11.1. The molecule has 1 unspecified atom stereocenters. The number of nitrogens with one attached hydrogen (secondary N) is 1. The van der Waals surface area contributed by atoms with Crippen molar-refractivity contribution >= 4 is 11.3 Å². The van der Waals surface area contributed by atoms with Gasteiger partial charge >= 0.3 is 0 Å². The Morgan fingerprint density at radius 3 is 3.06 bits per heavy atom. The molecule has 1 aromatic heterocycles. The Bertz CT molecular complexity index is 348. The van der Waals surface area contributed by atoms with E-state index in [2.05, 4.69) is 36.0 Å². The summed E-state index contributed by atoms with van der Waals surface area (Å²) < 4.78 is 0. The third-order valence-corrected chi connectivity index (χ3v) is 4.45. The van der Waals surface area contributed by atoms with Gasteiger partial charge in [0, 0.05) is 24.0 Å². The third-order valence-electron chi connectivity index (χ3n) is 3.53. The molecule has 17 heavy (non-hydrogen) atoms. The topological polar surface area (TPSA) is 28.2 Å². The maximum absolute atomic E-state index is 4.34. The summed E-state index contributed by atoms with van der Waals surface area (Å²) in [6.07, 6.45) is 1.25. The van der Waals surface area contributed by atoms with Gasteiger partial charge in [0.1, 0.15) is 0 Å². The number of aromatic nitrogens is 1. The average molecular weight is 253 g/mol. The summed E-state index contributed by atoms with van der Waals surface area (Å²) >= 11 is 1.79. The van der Waals surface area contributed by atoms with Crippen LogP contribution in [0.25, 0.3) is 0 Å². The van der Waals surface area contributed by atoms with Gasteiger partial charge in [-0.15, -0.1) is 11.3 Å². The van der Waals surface area contributed by atoms with E-state index >= 15 is 0 Å². The lowest BCUT2D eigenvalue weighted by molar-refractivity contribution is 0.240. The second kappa shape index (κ2) is 5.94. The summed E-state index contributed by atoms with van der Waals surface area (Å²) in [6.45, 7) is 11.3. The van der Waals surface area contributed by atoms with Crippen molar-refractivity contribution in [2.75, 3.05) is 19.6 Å². The number of aryl methyl sites for hydroxylation is 1. The van der Waals surface area contributed by atoms with Crippen molar-refractivity contribution in [1.82, 2.24) is 15.2 Å². The van der Waals surface area contributed by atoms with Gasteiger partial charge in [-0.25, -0.2) is 4.98 Å². The Morgan fingerprint density at radius 2 is 2.41 bits per heavy atom. The number of rotatable bonds is 3. The highest BCUT2D eigenvalue weighted by molar-refractivity contribution is 7.09. The van der Waals surface area contributed by atoms with Crippen molar-refractivity contribution in [3.63, 3.8) is 0 Å². The first-order valence-corrected chi connectivity index (χ1v) is 7.39. The minimum absolute atomic E-state index is 0.630. The fourth-order valence-electron chi connectivity index (χ4n) is 2.30. The van der Waals surface area contributed by atoms with Crippen molar-refractivity contribution in [2.45, 2.75) is 39.8 Å². The van der Waals surface area contributed by atoms with Gasteiger partial charge in [-0.2, -0.15) is 0 Å². The smallest absolute Gasteiger partial charge is 0.0798 e. The molecule has 0 aliphatic carbocycles. The van der Waals surface area contributed by atoms with Crippen LogP contribution in [0.1, 0.15) is 30.8 Å². The molecule has 0 amide bonds. The van der Waals surface area contributed by atoms with E-state index < -0.39 is 0 Å². The van der Waals surface area contributed by atoms with Gasteiger partial charge in [0.15, 0.2) is 0 Å². The lowest BCUT2D eigenvalue weighted by Crippen LogP contribution is -2.40. The van der Waals surface area contributed by atoms with Crippen LogP contribution in [0.2, 0.25) is 0 Å². The molecule has 1 aromatic rings. The molecule has 1 N–H and O–H groups in total. The van der Waals surface area contributed by atoms with E-state index in [-0.39, 0.29) is 0 Å². The Morgan fingerprint density at radius 1 is 1.59 bits per heavy atom. The van der Waals surface area contributed by atoms with Gasteiger partial charge in [-0.05, 0) is 32.4 Å². The molecule has 1 fully saturated rings. The van der Waals surface area contributed by atoms with E-state index in [0.717, 1.165) is 19.6 Å². The van der Waals surface area contributed by atoms with Gasteiger partial charge in [0.05, 0.1) is 11.2 Å². The van der Waals surface area contributed by atoms with Crippen LogP contribution < -0.4 is 5.32 Å². The minimum Gasteiger partial charge on any atom is -0.312 e. The molecule has 0 radical (unpaired) electrons. The summed E-state index contributed by atoms with van der Waals surface area (Å²) in [4.78, 5) is 8.34. The van der Waals surface area contributed by atoms with Crippen LogP contribution in [-0.2, 0) is 6.54 Å². The monoisotopic (exact) mass is 253 g/mol. The van der Waals surface area contributed by atoms with E-state index in [1.54, 1.807) is 11.3 Å². The van der Waals surface area contributed by atoms with Gasteiger partial charge < -0.3 is 5.32 Å². The van der Waals surface area contributed by atoms with E-state index in [4.69, 9.17) is 0 Å². The van der Waals surface area contributed by atoms with E-state index in [1.165, 1.54) is 23.5 Å². The molecule has 96 valence electrons. The zero-order valence-corrected chi connectivity index (χ0v) is 11.9. The standard InChI is InChI=1S/C13H23N3S/c1-10(2)12-7-16(6-4-5-14-12)8-13-11(3)15-9-17-13/h9-10,12,14H,4-8H2,1-3H3. The molecule has 4 heteroatoms. The summed E-state index contributed by atoms with van der Waals surface area (Å²) in [6, 6.07) is 0.630. The number of thiazole rings is 1. The maximum atomic E-state index is 4.34. The number of hydrogen-bond donors (Lipinski definition) is 1. The van der Waals surface area contributed by atoms with Crippen LogP contribution in [0.15, 0.2) is 5.51 Å². The molecule has 0 saturated carbocycles. The average Bonchev–Trinajstić information content (AvgIpc) is 2.55. The van der Waals surface area contributed by atoms with Crippen molar-refractivity contribution < 1.29 is 0 Å². The van der Waals surface area contributed by atoms with Crippen LogP contribution in [-0.4, -0.2) is 35.6 Å². The molecule has 1 aliphatic heterocycles. The molecule has 1 saturated heterocycles. The third kappa shape index (κ3) is 3.50. The lowest BCUT2D eigenvalue weighted by atomic mass is 10.0. The highest BCUT2D eigenvalue weighted by Gasteiger charge is 2.20. The Hall–Kier alpha value is -0.450. The first kappa shape index (κ1) is 13.0. The number of hydrogen-bond acceptors (Lipinski definition) is 4. The molecule has 0 aromatic carbocycles. The van der Waals surface area contributed by atoms with Crippen molar-refractivity contribution in [3.05, 3.63) is 16.1 Å². The van der Waals surface area contributed by atoms with E-state index in [1.807, 2.05) is 5.51 Å². The predicted octanol–water partition coefficient (Wildman–Crippen LogP) is 2.27. The van der Waals surface area contributed by atoms with Crippen molar-refractivity contribution in [1.29, 1.82) is 0 Å². The predicted molar refractivity (Wildman–Crippen MR) is 73.4 cm³/mol. The molecule has 2 rings (SSSR count). The normalized spacial score (nSPS) is 22.9. The van der Waals surface area contributed by atoms with Gasteiger partial charge in [-0.1, -0.05) is 13.8 Å². The summed E-state index contributed by atoms with van der Waals surface area (Å²) in [5, 5.41) is 3.65. The van der Waals surface area contributed by atoms with Gasteiger partial charge in [0.2, 0.25) is 0 Å². The van der Waals surface area contributed by atoms with Crippen molar-refractivity contribution in [3.8, 4) is 0 Å². The molecule has 0 bridgehead atoms. The lowest BCUT2D eigenvalue weighted by Gasteiger charge is -2.26. The Labute approximate surface area is 108 Å². The van der Waals surface area contributed by atoms with Gasteiger partial charge in [-0.3, -0.25) is 4.90 Å². The minimum atomic E-state index is 0.630. The fourth-order valence-corrected chi connectivity index (χ4v) is 3.11. The maximum Gasteiger partial charge on any atom is 0.0798 e. The molecule has 0 spiro atoms.